The predicted octanol–water partition coefficient (Wildman–Crippen LogP) is 2.09. The highest BCUT2D eigenvalue weighted by Crippen LogP contribution is 2.26. The molecule has 1 aromatic rings. The lowest BCUT2D eigenvalue weighted by molar-refractivity contribution is -0.141. The van der Waals surface area contributed by atoms with Crippen LogP contribution in [0.3, 0.4) is 0 Å². The van der Waals surface area contributed by atoms with Gasteiger partial charge in [-0.2, -0.15) is 0 Å². The minimum Gasteiger partial charge on any atom is -0.491 e. The van der Waals surface area contributed by atoms with Gasteiger partial charge in [0.05, 0.1) is 0 Å². The zero-order chi connectivity index (χ0) is 18.8. The van der Waals surface area contributed by atoms with Gasteiger partial charge in [0.1, 0.15) is 19.0 Å². The molecule has 0 radical (unpaired) electrons. The Kier molecular flexibility index (Phi) is 5.05. The molecule has 0 saturated carbocycles. The van der Waals surface area contributed by atoms with Crippen molar-refractivity contribution in [1.82, 2.24) is 9.80 Å². The predicted molar refractivity (Wildman–Crippen MR) is 99.5 cm³/mol. The van der Waals surface area contributed by atoms with Crippen LogP contribution in [0, 0.1) is 5.92 Å². The number of ether oxygens (including phenoxy) is 2. The second-order valence-electron chi connectivity index (χ2n) is 7.43. The molecule has 144 valence electrons. The lowest BCUT2D eigenvalue weighted by Crippen LogP contribution is -2.46. The number of piperidine rings is 1. The lowest BCUT2D eigenvalue weighted by atomic mass is 9.93. The first-order valence-electron chi connectivity index (χ1n) is 9.75. The van der Waals surface area contributed by atoms with Gasteiger partial charge >= 0.3 is 0 Å². The maximum absolute atomic E-state index is 13.0. The molecule has 0 aliphatic carbocycles. The number of carbonyl (C=O) groups is 2. The molecule has 0 spiro atoms. The van der Waals surface area contributed by atoms with E-state index in [1.54, 1.807) is 11.8 Å². The molecule has 3 heterocycles. The summed E-state index contributed by atoms with van der Waals surface area (Å²) in [7, 11) is 0. The summed E-state index contributed by atoms with van der Waals surface area (Å²) in [6.45, 7) is 5.30. The van der Waals surface area contributed by atoms with Gasteiger partial charge in [0.25, 0.3) is 5.91 Å². The second-order valence-corrected chi connectivity index (χ2v) is 7.43. The molecule has 1 fully saturated rings. The Bertz CT molecular complexity index is 765. The van der Waals surface area contributed by atoms with Gasteiger partial charge in [0.2, 0.25) is 11.7 Å². The maximum Gasteiger partial charge on any atom is 0.292 e. The summed E-state index contributed by atoms with van der Waals surface area (Å²) in [4.78, 5) is 29.4. The van der Waals surface area contributed by atoms with Crippen molar-refractivity contribution in [2.24, 2.45) is 5.92 Å². The molecule has 4 rings (SSSR count). The highest BCUT2D eigenvalue weighted by Gasteiger charge is 2.33. The standard InChI is InChI=1S/C21H26N2O4/c1-15-19(27-13-12-26-15)21(25)22-9-7-17(8-10-22)20(24)23-11-6-16-4-2-3-5-18(16)14-23/h2-5,17H,6-14H2,1H3. The zero-order valence-electron chi connectivity index (χ0n) is 15.8. The Labute approximate surface area is 159 Å². The number of amides is 2. The topological polar surface area (TPSA) is 59.1 Å². The first-order valence-corrected chi connectivity index (χ1v) is 9.75. The van der Waals surface area contributed by atoms with Gasteiger partial charge in [-0.3, -0.25) is 9.59 Å². The summed E-state index contributed by atoms with van der Waals surface area (Å²) in [6.07, 6.45) is 2.33. The fourth-order valence-electron chi connectivity index (χ4n) is 4.13. The van der Waals surface area contributed by atoms with Gasteiger partial charge in [0, 0.05) is 32.1 Å². The van der Waals surface area contributed by atoms with E-state index in [2.05, 4.69) is 18.2 Å². The van der Waals surface area contributed by atoms with Crippen LogP contribution in [0.2, 0.25) is 0 Å². The molecule has 0 atom stereocenters. The van der Waals surface area contributed by atoms with Crippen LogP contribution in [-0.4, -0.2) is 54.5 Å². The number of allylic oxidation sites excluding steroid dienone is 1. The van der Waals surface area contributed by atoms with E-state index in [4.69, 9.17) is 9.47 Å². The molecule has 6 nitrogen and oxygen atoms in total. The first kappa shape index (κ1) is 17.9. The SMILES string of the molecule is CC1=C(C(=O)N2CCC(C(=O)N3CCc4ccccc4C3)CC2)OCCO1. The van der Waals surface area contributed by atoms with Crippen molar-refractivity contribution in [1.29, 1.82) is 0 Å². The minimum absolute atomic E-state index is 0.00193. The maximum atomic E-state index is 13.0. The molecule has 0 aromatic heterocycles. The quantitative estimate of drug-likeness (QED) is 0.800. The lowest BCUT2D eigenvalue weighted by Gasteiger charge is -2.36. The van der Waals surface area contributed by atoms with Crippen molar-refractivity contribution in [3.05, 3.63) is 46.9 Å². The second kappa shape index (κ2) is 7.62. The van der Waals surface area contributed by atoms with Crippen LogP contribution in [-0.2, 0) is 32.0 Å². The number of benzene rings is 1. The number of hydrogen-bond acceptors (Lipinski definition) is 4. The average molecular weight is 370 g/mol. The van der Waals surface area contributed by atoms with Crippen molar-refractivity contribution in [3.63, 3.8) is 0 Å². The monoisotopic (exact) mass is 370 g/mol. The van der Waals surface area contributed by atoms with Crippen LogP contribution >= 0.6 is 0 Å². The van der Waals surface area contributed by atoms with E-state index in [0.29, 0.717) is 57.2 Å². The van der Waals surface area contributed by atoms with Gasteiger partial charge in [-0.05, 0) is 37.3 Å². The van der Waals surface area contributed by atoms with Gasteiger partial charge in [0.15, 0.2) is 0 Å². The Morgan fingerprint density at radius 3 is 2.41 bits per heavy atom. The van der Waals surface area contributed by atoms with E-state index in [9.17, 15) is 9.59 Å². The smallest absolute Gasteiger partial charge is 0.292 e. The third kappa shape index (κ3) is 3.66. The van der Waals surface area contributed by atoms with Crippen LogP contribution in [0.25, 0.3) is 0 Å². The van der Waals surface area contributed by atoms with Gasteiger partial charge in [-0.25, -0.2) is 0 Å². The number of rotatable bonds is 2. The third-order valence-electron chi connectivity index (χ3n) is 5.74. The first-order chi connectivity index (χ1) is 13.1. The molecule has 1 saturated heterocycles. The summed E-state index contributed by atoms with van der Waals surface area (Å²) >= 11 is 0. The fourth-order valence-corrected chi connectivity index (χ4v) is 4.13. The van der Waals surface area contributed by atoms with Gasteiger partial charge in [-0.1, -0.05) is 24.3 Å². The van der Waals surface area contributed by atoms with Crippen molar-refractivity contribution in [2.45, 2.75) is 32.7 Å². The Hall–Kier alpha value is -2.50. The number of fused-ring (bicyclic) bond motifs is 1. The van der Waals surface area contributed by atoms with Crippen molar-refractivity contribution >= 4 is 11.8 Å². The molecule has 3 aliphatic heterocycles. The van der Waals surface area contributed by atoms with Crippen LogP contribution in [0.1, 0.15) is 30.9 Å². The summed E-state index contributed by atoms with van der Waals surface area (Å²) in [6, 6.07) is 8.35. The van der Waals surface area contributed by atoms with Crippen molar-refractivity contribution in [3.8, 4) is 0 Å². The van der Waals surface area contributed by atoms with E-state index in [1.807, 2.05) is 11.0 Å². The Morgan fingerprint density at radius 1 is 0.963 bits per heavy atom. The molecular formula is C21H26N2O4. The molecular weight excluding hydrogens is 344 g/mol. The molecule has 1 aromatic carbocycles. The largest absolute Gasteiger partial charge is 0.491 e. The molecule has 3 aliphatic rings. The molecule has 0 unspecified atom stereocenters. The number of carbonyl (C=O) groups excluding carboxylic acids is 2. The van der Waals surface area contributed by atoms with E-state index in [1.165, 1.54) is 11.1 Å². The van der Waals surface area contributed by atoms with Crippen LogP contribution in [0.15, 0.2) is 35.8 Å². The van der Waals surface area contributed by atoms with E-state index >= 15 is 0 Å². The molecule has 6 heteroatoms. The van der Waals surface area contributed by atoms with Crippen LogP contribution in [0.4, 0.5) is 0 Å². The summed E-state index contributed by atoms with van der Waals surface area (Å²) in [5.74, 6) is 0.974. The summed E-state index contributed by atoms with van der Waals surface area (Å²) in [5, 5.41) is 0. The van der Waals surface area contributed by atoms with Crippen LogP contribution in [0.5, 0.6) is 0 Å². The summed E-state index contributed by atoms with van der Waals surface area (Å²) < 4.78 is 10.9. The normalized spacial score (nSPS) is 20.6. The number of likely N-dealkylation sites (tertiary alicyclic amines) is 1. The highest BCUT2D eigenvalue weighted by molar-refractivity contribution is 5.92. The number of nitrogens with zero attached hydrogens (tertiary/aromatic N) is 2. The zero-order valence-corrected chi connectivity index (χ0v) is 15.8. The molecule has 0 N–H and O–H groups in total. The molecule has 0 bridgehead atoms. The Morgan fingerprint density at radius 2 is 1.67 bits per heavy atom. The van der Waals surface area contributed by atoms with Gasteiger partial charge in [-0.15, -0.1) is 0 Å². The van der Waals surface area contributed by atoms with E-state index in [-0.39, 0.29) is 17.7 Å². The summed E-state index contributed by atoms with van der Waals surface area (Å²) in [5.41, 5.74) is 2.60. The minimum atomic E-state index is -0.120. The van der Waals surface area contributed by atoms with E-state index < -0.39 is 0 Å². The number of hydrogen-bond donors (Lipinski definition) is 0. The Balaban J connectivity index is 1.34. The van der Waals surface area contributed by atoms with Gasteiger partial charge < -0.3 is 19.3 Å². The molecule has 2 amide bonds. The highest BCUT2D eigenvalue weighted by atomic mass is 16.6. The molecule has 27 heavy (non-hydrogen) atoms. The fraction of sp³-hybridized carbons (Fsp3) is 0.524. The average Bonchev–Trinajstić information content (AvgIpc) is 2.73. The van der Waals surface area contributed by atoms with Crippen molar-refractivity contribution in [2.75, 3.05) is 32.8 Å². The third-order valence-corrected chi connectivity index (χ3v) is 5.74. The van der Waals surface area contributed by atoms with Crippen LogP contribution < -0.4 is 0 Å². The van der Waals surface area contributed by atoms with Crippen molar-refractivity contribution < 1.29 is 19.1 Å². The van der Waals surface area contributed by atoms with E-state index in [0.717, 1.165) is 13.0 Å².